The number of amides is 1. The van der Waals surface area contributed by atoms with Crippen LogP contribution in [-0.4, -0.2) is 55.2 Å². The van der Waals surface area contributed by atoms with Crippen molar-refractivity contribution in [2.75, 3.05) is 44.2 Å². The van der Waals surface area contributed by atoms with Crippen LogP contribution in [0.15, 0.2) is 72.8 Å². The number of anilines is 2. The molecule has 37 heavy (non-hydrogen) atoms. The first kappa shape index (κ1) is 22.7. The van der Waals surface area contributed by atoms with E-state index in [4.69, 9.17) is 24.4 Å². The van der Waals surface area contributed by atoms with Gasteiger partial charge in [-0.15, -0.1) is 0 Å². The van der Waals surface area contributed by atoms with Crippen molar-refractivity contribution in [1.82, 2.24) is 15.0 Å². The predicted octanol–water partition coefficient (Wildman–Crippen LogP) is 4.96. The van der Waals surface area contributed by atoms with Crippen LogP contribution in [-0.2, 0) is 0 Å². The molecule has 0 radical (unpaired) electrons. The van der Waals surface area contributed by atoms with Crippen LogP contribution in [0, 0.1) is 0 Å². The molecule has 8 heteroatoms. The van der Waals surface area contributed by atoms with Crippen LogP contribution in [0.2, 0.25) is 0 Å². The molecule has 1 amide bonds. The van der Waals surface area contributed by atoms with E-state index < -0.39 is 0 Å². The standard InChI is InChI=1S/C29H25N5O3/c1-33-14-15-34(28-27(33)31-22-10-6-7-11-23(22)32-28)29(35)20-17-24(30-21-9-5-4-8-19(20)21)18-12-13-25(36-2)26(16-18)37-3/h4-13,16-17H,14-15H2,1-3H3. The first-order valence-electron chi connectivity index (χ1n) is 12.0. The Hall–Kier alpha value is -4.72. The van der Waals surface area contributed by atoms with Crippen LogP contribution < -0.4 is 19.3 Å². The van der Waals surface area contributed by atoms with Gasteiger partial charge in [-0.1, -0.05) is 30.3 Å². The molecule has 0 atom stereocenters. The molecule has 1 aliphatic rings. The van der Waals surface area contributed by atoms with Gasteiger partial charge in [-0.05, 0) is 42.5 Å². The maximum absolute atomic E-state index is 14.2. The van der Waals surface area contributed by atoms with E-state index in [1.54, 1.807) is 19.1 Å². The minimum atomic E-state index is -0.140. The van der Waals surface area contributed by atoms with E-state index in [0.717, 1.165) is 27.5 Å². The number of para-hydroxylation sites is 3. The second-order valence-corrected chi connectivity index (χ2v) is 8.88. The molecule has 2 aromatic heterocycles. The summed E-state index contributed by atoms with van der Waals surface area (Å²) < 4.78 is 10.9. The largest absolute Gasteiger partial charge is 0.493 e. The highest BCUT2D eigenvalue weighted by atomic mass is 16.5. The Bertz CT molecular complexity index is 1670. The number of hydrogen-bond acceptors (Lipinski definition) is 7. The van der Waals surface area contributed by atoms with Gasteiger partial charge in [0.1, 0.15) is 0 Å². The molecule has 184 valence electrons. The van der Waals surface area contributed by atoms with Crippen molar-refractivity contribution in [3.05, 3.63) is 78.4 Å². The van der Waals surface area contributed by atoms with E-state index in [1.165, 1.54) is 0 Å². The molecule has 0 saturated heterocycles. The first-order chi connectivity index (χ1) is 18.1. The molecular weight excluding hydrogens is 466 g/mol. The molecule has 0 spiro atoms. The van der Waals surface area contributed by atoms with Crippen molar-refractivity contribution in [3.8, 4) is 22.8 Å². The summed E-state index contributed by atoms with van der Waals surface area (Å²) in [4.78, 5) is 32.5. The molecule has 1 aliphatic heterocycles. The monoisotopic (exact) mass is 491 g/mol. The van der Waals surface area contributed by atoms with E-state index in [-0.39, 0.29) is 5.91 Å². The van der Waals surface area contributed by atoms with Crippen molar-refractivity contribution in [2.45, 2.75) is 0 Å². The summed E-state index contributed by atoms with van der Waals surface area (Å²) in [6, 6.07) is 22.9. The lowest BCUT2D eigenvalue weighted by molar-refractivity contribution is 0.0987. The number of fused-ring (bicyclic) bond motifs is 3. The van der Waals surface area contributed by atoms with E-state index in [1.807, 2.05) is 84.7 Å². The number of benzene rings is 3. The van der Waals surface area contributed by atoms with Crippen LogP contribution in [0.4, 0.5) is 11.6 Å². The zero-order valence-electron chi connectivity index (χ0n) is 20.8. The molecule has 0 aliphatic carbocycles. The van der Waals surface area contributed by atoms with E-state index in [2.05, 4.69) is 0 Å². The highest BCUT2D eigenvalue weighted by Gasteiger charge is 2.30. The van der Waals surface area contributed by atoms with E-state index >= 15 is 0 Å². The second-order valence-electron chi connectivity index (χ2n) is 8.88. The van der Waals surface area contributed by atoms with Gasteiger partial charge in [-0.2, -0.15) is 0 Å². The van der Waals surface area contributed by atoms with Crippen molar-refractivity contribution in [3.63, 3.8) is 0 Å². The highest BCUT2D eigenvalue weighted by Crippen LogP contribution is 2.35. The summed E-state index contributed by atoms with van der Waals surface area (Å²) in [7, 11) is 5.17. The number of nitrogens with zero attached hydrogens (tertiary/aromatic N) is 5. The van der Waals surface area contributed by atoms with Gasteiger partial charge < -0.3 is 14.4 Å². The second kappa shape index (κ2) is 9.05. The van der Waals surface area contributed by atoms with Gasteiger partial charge in [0.25, 0.3) is 5.91 Å². The van der Waals surface area contributed by atoms with Crippen LogP contribution >= 0.6 is 0 Å². The number of likely N-dealkylation sites (N-methyl/N-ethyl adjacent to an activating group) is 1. The number of rotatable bonds is 4. The van der Waals surface area contributed by atoms with Crippen molar-refractivity contribution >= 4 is 39.5 Å². The molecule has 3 heterocycles. The van der Waals surface area contributed by atoms with Gasteiger partial charge in [0, 0.05) is 31.1 Å². The quantitative estimate of drug-likeness (QED) is 0.352. The molecule has 3 aromatic carbocycles. The Labute approximate surface area is 214 Å². The zero-order valence-corrected chi connectivity index (χ0v) is 20.8. The van der Waals surface area contributed by atoms with Gasteiger partial charge in [-0.25, -0.2) is 15.0 Å². The van der Waals surface area contributed by atoms with Crippen LogP contribution in [0.1, 0.15) is 10.4 Å². The Morgan fingerprint density at radius 1 is 0.757 bits per heavy atom. The third-order valence-corrected chi connectivity index (χ3v) is 6.68. The third kappa shape index (κ3) is 3.87. The van der Waals surface area contributed by atoms with Crippen molar-refractivity contribution in [2.24, 2.45) is 0 Å². The Balaban J connectivity index is 1.50. The average molecular weight is 492 g/mol. The van der Waals surface area contributed by atoms with Gasteiger partial charge in [0.15, 0.2) is 23.1 Å². The Morgan fingerprint density at radius 2 is 1.43 bits per heavy atom. The molecular formula is C29H25N5O3. The van der Waals surface area contributed by atoms with Crippen LogP contribution in [0.5, 0.6) is 11.5 Å². The molecule has 0 bridgehead atoms. The molecule has 0 N–H and O–H groups in total. The summed E-state index contributed by atoms with van der Waals surface area (Å²) >= 11 is 0. The van der Waals surface area contributed by atoms with E-state index in [9.17, 15) is 4.79 Å². The fraction of sp³-hybridized carbons (Fsp3) is 0.172. The molecule has 0 saturated carbocycles. The van der Waals surface area contributed by atoms with Crippen molar-refractivity contribution in [1.29, 1.82) is 0 Å². The summed E-state index contributed by atoms with van der Waals surface area (Å²) in [5.74, 6) is 2.34. The topological polar surface area (TPSA) is 80.7 Å². The smallest absolute Gasteiger partial charge is 0.260 e. The molecule has 5 aromatic rings. The van der Waals surface area contributed by atoms with Gasteiger partial charge >= 0.3 is 0 Å². The minimum Gasteiger partial charge on any atom is -0.493 e. The lowest BCUT2D eigenvalue weighted by Crippen LogP contribution is -2.44. The molecule has 8 nitrogen and oxygen atoms in total. The summed E-state index contributed by atoms with van der Waals surface area (Å²) in [5.41, 5.74) is 4.33. The normalized spacial score (nSPS) is 13.1. The molecule has 6 rings (SSSR count). The molecule has 0 unspecified atom stereocenters. The van der Waals surface area contributed by atoms with Crippen LogP contribution in [0.3, 0.4) is 0 Å². The minimum absolute atomic E-state index is 0.140. The Morgan fingerprint density at radius 3 is 2.16 bits per heavy atom. The number of methoxy groups -OCH3 is 2. The fourth-order valence-electron chi connectivity index (χ4n) is 4.72. The van der Waals surface area contributed by atoms with Crippen molar-refractivity contribution < 1.29 is 14.3 Å². The SMILES string of the molecule is COc1ccc(-c2cc(C(=O)N3CCN(C)c4nc5ccccc5nc43)c3ccccc3n2)cc1OC. The van der Waals surface area contributed by atoms with Crippen LogP contribution in [0.25, 0.3) is 33.2 Å². The number of carbonyl (C=O) groups is 1. The number of aromatic nitrogens is 3. The number of ether oxygens (including phenoxy) is 2. The van der Waals surface area contributed by atoms with E-state index in [0.29, 0.717) is 47.5 Å². The van der Waals surface area contributed by atoms with Gasteiger partial charge in [-0.3, -0.25) is 9.69 Å². The fourth-order valence-corrected chi connectivity index (χ4v) is 4.72. The first-order valence-corrected chi connectivity index (χ1v) is 12.0. The number of hydrogen-bond donors (Lipinski definition) is 0. The lowest BCUT2D eigenvalue weighted by atomic mass is 10.0. The number of carbonyl (C=O) groups excluding carboxylic acids is 1. The average Bonchev–Trinajstić information content (AvgIpc) is 2.95. The third-order valence-electron chi connectivity index (χ3n) is 6.68. The summed E-state index contributed by atoms with van der Waals surface area (Å²) in [6.45, 7) is 1.15. The zero-order chi connectivity index (χ0) is 25.5. The Kier molecular flexibility index (Phi) is 5.56. The summed E-state index contributed by atoms with van der Waals surface area (Å²) in [5, 5.41) is 0.783. The maximum Gasteiger partial charge on any atom is 0.260 e. The van der Waals surface area contributed by atoms with Gasteiger partial charge in [0.2, 0.25) is 0 Å². The predicted molar refractivity (Wildman–Crippen MR) is 145 cm³/mol. The summed E-state index contributed by atoms with van der Waals surface area (Å²) in [6.07, 6.45) is 0. The van der Waals surface area contributed by atoms with Gasteiger partial charge in [0.05, 0.1) is 42.0 Å². The maximum atomic E-state index is 14.2. The lowest BCUT2D eigenvalue weighted by Gasteiger charge is -2.34. The molecule has 0 fully saturated rings. The number of pyridine rings is 1. The highest BCUT2D eigenvalue weighted by molar-refractivity contribution is 6.15.